The average Bonchev–Trinajstić information content (AvgIpc) is 3.02. The van der Waals surface area contributed by atoms with Crippen LogP contribution in [0.15, 0.2) is 48.6 Å². The van der Waals surface area contributed by atoms with Crippen molar-refractivity contribution in [3.8, 4) is 0 Å². The number of hydrogen-bond acceptors (Lipinski definition) is 0. The number of rotatable bonds is 15. The second-order valence-corrected chi connectivity index (χ2v) is 11.9. The van der Waals surface area contributed by atoms with Gasteiger partial charge >= 0.3 is 0 Å². The van der Waals surface area contributed by atoms with Crippen molar-refractivity contribution < 1.29 is 0 Å². The van der Waals surface area contributed by atoms with Crippen LogP contribution in [0.2, 0.25) is 0 Å². The molecule has 0 bridgehead atoms. The van der Waals surface area contributed by atoms with E-state index < -0.39 is 0 Å². The molecule has 0 N–H and O–H groups in total. The molecule has 0 aliphatic rings. The fourth-order valence-corrected chi connectivity index (χ4v) is 5.21. The third-order valence-corrected chi connectivity index (χ3v) is 7.71. The van der Waals surface area contributed by atoms with Gasteiger partial charge in [-0.15, -0.1) is 0 Å². The summed E-state index contributed by atoms with van der Waals surface area (Å²) >= 11 is 0. The quantitative estimate of drug-likeness (QED) is 0.180. The molecule has 0 radical (unpaired) electrons. The molecule has 2 aromatic carbocycles. The van der Waals surface area contributed by atoms with Crippen molar-refractivity contribution in [2.24, 2.45) is 17.8 Å². The van der Waals surface area contributed by atoms with Crippen molar-refractivity contribution in [1.82, 2.24) is 0 Å². The highest BCUT2D eigenvalue weighted by Gasteiger charge is 2.08. The Bertz CT molecular complexity index is 1050. The van der Waals surface area contributed by atoms with E-state index in [4.69, 9.17) is 0 Å². The molecule has 43 heavy (non-hydrogen) atoms. The lowest BCUT2D eigenvalue weighted by Crippen LogP contribution is -2.20. The molecule has 0 saturated carbocycles. The van der Waals surface area contributed by atoms with Gasteiger partial charge in [-0.25, -0.2) is 0 Å². The Morgan fingerprint density at radius 1 is 0.698 bits per heavy atom. The maximum atomic E-state index is 4.42. The van der Waals surface area contributed by atoms with Gasteiger partial charge in [-0.1, -0.05) is 196 Å². The summed E-state index contributed by atoms with van der Waals surface area (Å²) in [5, 5.41) is 4.73. The number of hydrogen-bond donors (Lipinski definition) is 0. The molecule has 248 valence electrons. The van der Waals surface area contributed by atoms with Crippen LogP contribution in [0.5, 0.6) is 0 Å². The van der Waals surface area contributed by atoms with Crippen LogP contribution in [-0.2, 0) is 6.42 Å². The first-order valence-corrected chi connectivity index (χ1v) is 18.2. The summed E-state index contributed by atoms with van der Waals surface area (Å²) in [4.78, 5) is 0. The third-order valence-electron chi connectivity index (χ3n) is 7.71. The Labute approximate surface area is 271 Å². The molecule has 0 spiro atoms. The van der Waals surface area contributed by atoms with E-state index in [-0.39, 0.29) is 0 Å². The molecule has 0 aliphatic carbocycles. The first-order valence-electron chi connectivity index (χ1n) is 18.2. The molecule has 2 atom stereocenters. The molecule has 0 heteroatoms. The van der Waals surface area contributed by atoms with Crippen molar-refractivity contribution in [3.63, 3.8) is 0 Å². The summed E-state index contributed by atoms with van der Waals surface area (Å²) < 4.78 is 0. The highest BCUT2D eigenvalue weighted by molar-refractivity contribution is 5.85. The standard InChI is InChI=1S/C34H50.C3H8.3C2H6/c1-9-31(20-14-19-27(5)18-13-17-26(4)16-12-15-25(2)3)23-24-32-28(6)29(7)33-21-10-11-22-34(33)30(32)8;1-3-2;3*1-2/h9-11,21-23,25-27H,1,7-8,12-20,24H2,2-6H3;3H2,1-2H3;3*1-2H3/b31-23-;;;;. The smallest absolute Gasteiger partial charge is 0.00828 e. The minimum Gasteiger partial charge on any atom is -0.0988 e. The Kier molecular flexibility index (Phi) is 31.6. The molecular weight excluding hydrogens is 516 g/mol. The van der Waals surface area contributed by atoms with Gasteiger partial charge in [-0.05, 0) is 76.3 Å². The first-order chi connectivity index (χ1) is 20.7. The number of allylic oxidation sites excluding steroid dienone is 3. The van der Waals surface area contributed by atoms with Gasteiger partial charge in [0.2, 0.25) is 0 Å². The topological polar surface area (TPSA) is 0 Å². The van der Waals surface area contributed by atoms with Gasteiger partial charge < -0.3 is 0 Å². The van der Waals surface area contributed by atoms with E-state index in [1.54, 1.807) is 0 Å². The van der Waals surface area contributed by atoms with E-state index in [0.717, 1.165) is 41.0 Å². The summed E-state index contributed by atoms with van der Waals surface area (Å²) in [6.45, 7) is 40.8. The minimum absolute atomic E-state index is 0.817. The molecule has 0 aliphatic heterocycles. The van der Waals surface area contributed by atoms with Crippen molar-refractivity contribution in [2.75, 3.05) is 0 Å². The van der Waals surface area contributed by atoms with Crippen molar-refractivity contribution in [2.45, 2.75) is 161 Å². The van der Waals surface area contributed by atoms with Gasteiger partial charge in [0.25, 0.3) is 0 Å². The fourth-order valence-electron chi connectivity index (χ4n) is 5.21. The molecule has 0 saturated heterocycles. The van der Waals surface area contributed by atoms with Crippen molar-refractivity contribution in [1.29, 1.82) is 0 Å². The second kappa shape index (κ2) is 30.0. The first kappa shape index (κ1) is 45.4. The Balaban J connectivity index is -0.00000160. The molecule has 2 unspecified atom stereocenters. The molecular formula is C43H76. The zero-order valence-electron chi connectivity index (χ0n) is 31.6. The Morgan fingerprint density at radius 2 is 1.12 bits per heavy atom. The molecule has 2 rings (SSSR count). The van der Waals surface area contributed by atoms with Gasteiger partial charge in [-0.3, -0.25) is 0 Å². The molecule has 0 amide bonds. The van der Waals surface area contributed by atoms with Crippen LogP contribution >= 0.6 is 0 Å². The summed E-state index contributed by atoms with van der Waals surface area (Å²) in [6.07, 6.45) is 18.6. The molecule has 0 aromatic heterocycles. The van der Waals surface area contributed by atoms with E-state index in [9.17, 15) is 0 Å². The number of fused-ring (bicyclic) bond motifs is 1. The van der Waals surface area contributed by atoms with Crippen LogP contribution in [0.1, 0.15) is 158 Å². The van der Waals surface area contributed by atoms with Crippen LogP contribution in [0.3, 0.4) is 0 Å². The maximum absolute atomic E-state index is 4.42. The van der Waals surface area contributed by atoms with Crippen molar-refractivity contribution in [3.05, 3.63) is 70.1 Å². The highest BCUT2D eigenvalue weighted by atomic mass is 14.1. The van der Waals surface area contributed by atoms with Gasteiger partial charge in [-0.2, -0.15) is 0 Å². The van der Waals surface area contributed by atoms with E-state index >= 15 is 0 Å². The van der Waals surface area contributed by atoms with Crippen LogP contribution in [0.25, 0.3) is 23.9 Å². The van der Waals surface area contributed by atoms with E-state index in [0.29, 0.717) is 0 Å². The molecule has 2 aromatic rings. The SMILES string of the molecule is C=C/C(=C/Cc1c(C)c(=C)c2ccccc2c1=C)CCCC(C)CCCC(C)CCCC(C)C.CC.CC.CC.CCC. The summed E-state index contributed by atoms with van der Waals surface area (Å²) in [5.41, 5.74) is 3.96. The van der Waals surface area contributed by atoms with E-state index in [1.165, 1.54) is 85.3 Å². The van der Waals surface area contributed by atoms with E-state index in [1.807, 2.05) is 47.6 Å². The lowest BCUT2D eigenvalue weighted by atomic mass is 9.91. The predicted molar refractivity (Wildman–Crippen MR) is 206 cm³/mol. The van der Waals surface area contributed by atoms with Crippen molar-refractivity contribution >= 4 is 23.9 Å². The highest BCUT2D eigenvalue weighted by Crippen LogP contribution is 2.22. The Morgan fingerprint density at radius 3 is 1.56 bits per heavy atom. The predicted octanol–water partition coefficient (Wildman–Crippen LogP) is 13.6. The van der Waals surface area contributed by atoms with Crippen LogP contribution in [-0.4, -0.2) is 0 Å². The fraction of sp³-hybridized carbons (Fsp3) is 0.628. The minimum atomic E-state index is 0.817. The number of benzene rings is 2. The third kappa shape index (κ3) is 19.7. The zero-order valence-corrected chi connectivity index (χ0v) is 31.6. The summed E-state index contributed by atoms with van der Waals surface area (Å²) in [5.74, 6) is 2.55. The summed E-state index contributed by atoms with van der Waals surface area (Å²) in [6, 6.07) is 8.50. The van der Waals surface area contributed by atoms with Gasteiger partial charge in [0.15, 0.2) is 0 Å². The van der Waals surface area contributed by atoms with Gasteiger partial charge in [0.1, 0.15) is 0 Å². The Hall–Kier alpha value is -2.08. The lowest BCUT2D eigenvalue weighted by molar-refractivity contribution is 0.389. The zero-order chi connectivity index (χ0) is 33.8. The van der Waals surface area contributed by atoms with E-state index in [2.05, 4.69) is 98.5 Å². The summed E-state index contributed by atoms with van der Waals surface area (Å²) in [7, 11) is 0. The molecule has 0 nitrogen and oxygen atoms in total. The normalized spacial score (nSPS) is 11.9. The van der Waals surface area contributed by atoms with Gasteiger partial charge in [0.05, 0.1) is 0 Å². The van der Waals surface area contributed by atoms with Gasteiger partial charge in [0, 0.05) is 0 Å². The van der Waals surface area contributed by atoms with Crippen LogP contribution < -0.4 is 10.4 Å². The molecule has 0 heterocycles. The maximum Gasteiger partial charge on any atom is -0.00828 e. The molecule has 0 fully saturated rings. The monoisotopic (exact) mass is 593 g/mol. The lowest BCUT2D eigenvalue weighted by Gasteiger charge is -2.15. The average molecular weight is 593 g/mol. The van der Waals surface area contributed by atoms with Crippen LogP contribution in [0, 0.1) is 24.7 Å². The second-order valence-electron chi connectivity index (χ2n) is 11.9. The largest absolute Gasteiger partial charge is 0.0988 e. The van der Waals surface area contributed by atoms with Crippen LogP contribution in [0.4, 0.5) is 0 Å².